The van der Waals surface area contributed by atoms with Gasteiger partial charge < -0.3 is 0 Å². The van der Waals surface area contributed by atoms with E-state index in [0.717, 1.165) is 0 Å². The summed E-state index contributed by atoms with van der Waals surface area (Å²) < 4.78 is 0. The van der Waals surface area contributed by atoms with E-state index in [0.29, 0.717) is 5.92 Å². The van der Waals surface area contributed by atoms with Crippen LogP contribution in [-0.2, 0) is 0 Å². The van der Waals surface area contributed by atoms with Gasteiger partial charge in [-0.15, -0.1) is 0 Å². The summed E-state index contributed by atoms with van der Waals surface area (Å²) in [6.07, 6.45) is 6.12. The first kappa shape index (κ1) is 10.3. The summed E-state index contributed by atoms with van der Waals surface area (Å²) in [6, 6.07) is 10.7. The van der Waals surface area contributed by atoms with Crippen molar-refractivity contribution in [2.45, 2.75) is 39.0 Å². The number of unbranched alkanes of at least 4 members (excludes halogenated alkanes) is 2. The highest BCUT2D eigenvalue weighted by Gasteiger charge is 2.03. The van der Waals surface area contributed by atoms with E-state index >= 15 is 0 Å². The van der Waals surface area contributed by atoms with E-state index in [2.05, 4.69) is 50.6 Å². The Kier molecular flexibility index (Phi) is 4.59. The van der Waals surface area contributed by atoms with Crippen molar-refractivity contribution < 1.29 is 0 Å². The molecule has 0 aromatic heterocycles. The molecule has 0 heteroatoms. The molecule has 1 aromatic carbocycles. The van der Waals surface area contributed by atoms with Gasteiger partial charge in [0, 0.05) is 0 Å². The van der Waals surface area contributed by atoms with Gasteiger partial charge in [0.25, 0.3) is 0 Å². The summed E-state index contributed by atoms with van der Waals surface area (Å²) in [5.41, 5.74) is 1.45. The highest BCUT2D eigenvalue weighted by atomic mass is 14.1. The number of benzene rings is 1. The van der Waals surface area contributed by atoms with Crippen LogP contribution >= 0.6 is 0 Å². The Hall–Kier alpha value is -0.780. The molecule has 0 bridgehead atoms. The Balaban J connectivity index is 2.35. The minimum atomic E-state index is 0.674. The maximum absolute atomic E-state index is 2.40. The van der Waals surface area contributed by atoms with Crippen LogP contribution in [0.2, 0.25) is 0 Å². The molecule has 71 valence electrons. The van der Waals surface area contributed by atoms with E-state index in [9.17, 15) is 0 Å². The molecule has 0 fully saturated rings. The normalized spacial score (nSPS) is 12.8. The number of rotatable bonds is 5. The van der Waals surface area contributed by atoms with Crippen LogP contribution in [0.5, 0.6) is 0 Å². The fourth-order valence-corrected chi connectivity index (χ4v) is 1.49. The molecular formula is C13H19. The lowest BCUT2D eigenvalue weighted by Gasteiger charge is -2.10. The maximum Gasteiger partial charge on any atom is -0.0188 e. The number of hydrogen-bond acceptors (Lipinski definition) is 0. The van der Waals surface area contributed by atoms with Gasteiger partial charge in [0.05, 0.1) is 0 Å². The van der Waals surface area contributed by atoms with E-state index in [-0.39, 0.29) is 0 Å². The molecule has 0 amide bonds. The SMILES string of the molecule is CCC[CH]CC(C)c1ccccc1. The average Bonchev–Trinajstić information content (AvgIpc) is 2.19. The standard InChI is InChI=1S/C13H19/c1-3-4-6-9-12(2)13-10-7-5-8-11-13/h5-8,10-12H,3-4,9H2,1-2H3. The Morgan fingerprint density at radius 3 is 2.54 bits per heavy atom. The molecule has 0 N–H and O–H groups in total. The molecule has 0 saturated carbocycles. The second kappa shape index (κ2) is 5.80. The van der Waals surface area contributed by atoms with Crippen LogP contribution < -0.4 is 0 Å². The Morgan fingerprint density at radius 2 is 1.92 bits per heavy atom. The second-order valence-corrected chi connectivity index (χ2v) is 3.62. The van der Waals surface area contributed by atoms with Crippen molar-refractivity contribution in [3.05, 3.63) is 42.3 Å². The molecule has 0 nitrogen and oxygen atoms in total. The first-order chi connectivity index (χ1) is 6.34. The molecular weight excluding hydrogens is 156 g/mol. The summed E-state index contributed by atoms with van der Waals surface area (Å²) >= 11 is 0. The summed E-state index contributed by atoms with van der Waals surface area (Å²) in [7, 11) is 0. The largest absolute Gasteiger partial charge is 0.0654 e. The quantitative estimate of drug-likeness (QED) is 0.589. The lowest BCUT2D eigenvalue weighted by atomic mass is 9.95. The van der Waals surface area contributed by atoms with Crippen molar-refractivity contribution >= 4 is 0 Å². The van der Waals surface area contributed by atoms with Gasteiger partial charge in [0.15, 0.2) is 0 Å². The van der Waals surface area contributed by atoms with Crippen LogP contribution in [0, 0.1) is 6.42 Å². The van der Waals surface area contributed by atoms with Crippen LogP contribution in [0.25, 0.3) is 0 Å². The molecule has 0 spiro atoms. The molecule has 1 unspecified atom stereocenters. The molecule has 1 rings (SSSR count). The van der Waals surface area contributed by atoms with Crippen molar-refractivity contribution in [1.29, 1.82) is 0 Å². The topological polar surface area (TPSA) is 0 Å². The van der Waals surface area contributed by atoms with Crippen molar-refractivity contribution in [2.75, 3.05) is 0 Å². The predicted octanol–water partition coefficient (Wildman–Crippen LogP) is 4.18. The van der Waals surface area contributed by atoms with Gasteiger partial charge in [-0.05, 0) is 24.3 Å². The first-order valence-electron chi connectivity index (χ1n) is 5.21. The van der Waals surface area contributed by atoms with Gasteiger partial charge in [-0.1, -0.05) is 57.0 Å². The lowest BCUT2D eigenvalue weighted by Crippen LogP contribution is -1.93. The smallest absolute Gasteiger partial charge is 0.0188 e. The minimum absolute atomic E-state index is 0.674. The minimum Gasteiger partial charge on any atom is -0.0654 e. The summed E-state index contributed by atoms with van der Waals surface area (Å²) in [4.78, 5) is 0. The molecule has 0 heterocycles. The summed E-state index contributed by atoms with van der Waals surface area (Å²) in [5, 5.41) is 0. The first-order valence-corrected chi connectivity index (χ1v) is 5.21. The van der Waals surface area contributed by atoms with Gasteiger partial charge in [-0.25, -0.2) is 0 Å². The van der Waals surface area contributed by atoms with Crippen LogP contribution in [0.3, 0.4) is 0 Å². The van der Waals surface area contributed by atoms with E-state index < -0.39 is 0 Å². The van der Waals surface area contributed by atoms with Crippen LogP contribution in [0.15, 0.2) is 30.3 Å². The molecule has 0 aliphatic heterocycles. The molecule has 0 aliphatic rings. The van der Waals surface area contributed by atoms with E-state index in [4.69, 9.17) is 0 Å². The van der Waals surface area contributed by atoms with Crippen LogP contribution in [-0.4, -0.2) is 0 Å². The van der Waals surface area contributed by atoms with Gasteiger partial charge in [0.1, 0.15) is 0 Å². The van der Waals surface area contributed by atoms with Gasteiger partial charge in [0.2, 0.25) is 0 Å². The molecule has 0 aliphatic carbocycles. The summed E-state index contributed by atoms with van der Waals surface area (Å²) in [6.45, 7) is 4.52. The predicted molar refractivity (Wildman–Crippen MR) is 58.7 cm³/mol. The van der Waals surface area contributed by atoms with Crippen molar-refractivity contribution in [3.63, 3.8) is 0 Å². The monoisotopic (exact) mass is 175 g/mol. The fraction of sp³-hybridized carbons (Fsp3) is 0.462. The highest BCUT2D eigenvalue weighted by molar-refractivity contribution is 5.18. The van der Waals surface area contributed by atoms with Crippen LogP contribution in [0.4, 0.5) is 0 Å². The van der Waals surface area contributed by atoms with Gasteiger partial charge in [-0.2, -0.15) is 0 Å². The average molecular weight is 175 g/mol. The molecule has 1 atom stereocenters. The third kappa shape index (κ3) is 3.63. The highest BCUT2D eigenvalue weighted by Crippen LogP contribution is 2.20. The molecule has 0 saturated heterocycles. The zero-order valence-electron chi connectivity index (χ0n) is 8.66. The third-order valence-electron chi connectivity index (χ3n) is 2.38. The zero-order chi connectivity index (χ0) is 9.52. The van der Waals surface area contributed by atoms with E-state index in [1.165, 1.54) is 24.8 Å². The van der Waals surface area contributed by atoms with Crippen molar-refractivity contribution in [1.82, 2.24) is 0 Å². The Labute approximate surface area is 82.0 Å². The van der Waals surface area contributed by atoms with E-state index in [1.807, 2.05) is 0 Å². The number of hydrogen-bond donors (Lipinski definition) is 0. The Morgan fingerprint density at radius 1 is 1.23 bits per heavy atom. The van der Waals surface area contributed by atoms with Gasteiger partial charge >= 0.3 is 0 Å². The lowest BCUT2D eigenvalue weighted by molar-refractivity contribution is 0.706. The Bertz CT molecular complexity index is 213. The van der Waals surface area contributed by atoms with E-state index in [1.54, 1.807) is 0 Å². The molecule has 1 radical (unpaired) electrons. The fourth-order valence-electron chi connectivity index (χ4n) is 1.49. The second-order valence-electron chi connectivity index (χ2n) is 3.62. The zero-order valence-corrected chi connectivity index (χ0v) is 8.66. The maximum atomic E-state index is 2.40. The van der Waals surface area contributed by atoms with Crippen molar-refractivity contribution in [2.24, 2.45) is 0 Å². The summed E-state index contributed by atoms with van der Waals surface area (Å²) in [5.74, 6) is 0.674. The molecule has 1 aromatic rings. The third-order valence-corrected chi connectivity index (χ3v) is 2.38. The van der Waals surface area contributed by atoms with Crippen LogP contribution in [0.1, 0.15) is 44.6 Å². The molecule has 13 heavy (non-hydrogen) atoms. The van der Waals surface area contributed by atoms with Gasteiger partial charge in [-0.3, -0.25) is 0 Å². The van der Waals surface area contributed by atoms with Crippen molar-refractivity contribution in [3.8, 4) is 0 Å².